The van der Waals surface area contributed by atoms with Gasteiger partial charge in [-0.25, -0.2) is 19.3 Å². The lowest BCUT2D eigenvalue weighted by Crippen LogP contribution is -2.42. The molecule has 2 N–H and O–H groups in total. The summed E-state index contributed by atoms with van der Waals surface area (Å²) in [5.74, 6) is 1.30. The smallest absolute Gasteiger partial charge is 0.190 e. The second-order valence-electron chi connectivity index (χ2n) is 7.75. The van der Waals surface area contributed by atoms with E-state index in [-0.39, 0.29) is 5.82 Å². The average Bonchev–Trinajstić information content (AvgIpc) is 3.21. The average molecular weight is 450 g/mol. The summed E-state index contributed by atoms with van der Waals surface area (Å²) >= 11 is 1.48. The van der Waals surface area contributed by atoms with Crippen molar-refractivity contribution in [2.45, 2.75) is 6.54 Å². The van der Waals surface area contributed by atoms with Gasteiger partial charge in [0.05, 0.1) is 0 Å². The van der Waals surface area contributed by atoms with Crippen LogP contribution in [0.1, 0.15) is 5.56 Å². The summed E-state index contributed by atoms with van der Waals surface area (Å²) in [6.07, 6.45) is 1.83. The van der Waals surface area contributed by atoms with Gasteiger partial charge in [-0.1, -0.05) is 11.3 Å². The van der Waals surface area contributed by atoms with E-state index in [0.29, 0.717) is 0 Å². The van der Waals surface area contributed by atoms with Gasteiger partial charge in [0.1, 0.15) is 27.8 Å². The zero-order chi connectivity index (χ0) is 21.9. The Morgan fingerprint density at radius 3 is 2.72 bits per heavy atom. The number of nitrogens with zero attached hydrogens (tertiary/aromatic N) is 5. The van der Waals surface area contributed by atoms with E-state index in [4.69, 9.17) is 4.98 Å². The molecule has 0 atom stereocenters. The topological polar surface area (TPSA) is 69.2 Å². The first-order valence-corrected chi connectivity index (χ1v) is 11.4. The Kier molecular flexibility index (Phi) is 5.93. The molecule has 32 heavy (non-hydrogen) atoms. The molecule has 3 aromatic heterocycles. The van der Waals surface area contributed by atoms with Crippen molar-refractivity contribution in [3.8, 4) is 0 Å². The molecule has 0 radical (unpaired) electrons. The zero-order valence-corrected chi connectivity index (χ0v) is 18.6. The van der Waals surface area contributed by atoms with Crippen molar-refractivity contribution in [2.24, 2.45) is 0 Å². The summed E-state index contributed by atoms with van der Waals surface area (Å²) in [6, 6.07) is 14.4. The molecule has 0 spiro atoms. The van der Waals surface area contributed by atoms with E-state index in [1.807, 2.05) is 30.3 Å². The number of benzene rings is 1. The minimum absolute atomic E-state index is 0.255. The highest BCUT2D eigenvalue weighted by atomic mass is 32.1. The second kappa shape index (κ2) is 9.15. The summed E-state index contributed by atoms with van der Waals surface area (Å²) in [5, 5.41) is 7.46. The van der Waals surface area contributed by atoms with Crippen LogP contribution in [0.2, 0.25) is 0 Å². The molecule has 7 nitrogen and oxygen atoms in total. The normalized spacial score (nSPS) is 14.6. The van der Waals surface area contributed by atoms with E-state index in [1.165, 1.54) is 29.0 Å². The molecule has 0 saturated carbocycles. The Bertz CT molecular complexity index is 1200. The van der Waals surface area contributed by atoms with Gasteiger partial charge in [0.15, 0.2) is 5.13 Å². The fourth-order valence-electron chi connectivity index (χ4n) is 3.72. The third-order valence-corrected chi connectivity index (χ3v) is 6.35. The van der Waals surface area contributed by atoms with E-state index < -0.39 is 0 Å². The van der Waals surface area contributed by atoms with Gasteiger partial charge in [0.2, 0.25) is 0 Å². The maximum atomic E-state index is 13.2. The van der Waals surface area contributed by atoms with Crippen molar-refractivity contribution >= 4 is 44.1 Å². The van der Waals surface area contributed by atoms with Crippen molar-refractivity contribution < 1.29 is 4.39 Å². The number of fused-ring (bicyclic) bond motifs is 1. The summed E-state index contributed by atoms with van der Waals surface area (Å²) in [5.41, 5.74) is 2.92. The van der Waals surface area contributed by atoms with Gasteiger partial charge >= 0.3 is 0 Å². The molecule has 1 aliphatic heterocycles. The molecule has 5 rings (SSSR count). The first kappa shape index (κ1) is 20.7. The highest BCUT2D eigenvalue weighted by Crippen LogP contribution is 2.30. The molecule has 1 aliphatic rings. The lowest BCUT2D eigenvalue weighted by molar-refractivity contribution is 0.233. The predicted octanol–water partition coefficient (Wildman–Crippen LogP) is 4.14. The SMILES string of the molecule is CN(c1ccc(F)cc1)c1ccc2nc(Nc3cc(CN4CCNCC4)ccn3)sc2n1. The van der Waals surface area contributed by atoms with Gasteiger partial charge in [-0.05, 0) is 54.1 Å². The van der Waals surface area contributed by atoms with Crippen LogP contribution < -0.4 is 15.5 Å². The molecule has 0 bridgehead atoms. The van der Waals surface area contributed by atoms with Crippen LogP contribution in [0.15, 0.2) is 54.7 Å². The van der Waals surface area contributed by atoms with Crippen LogP contribution in [0.3, 0.4) is 0 Å². The molecular formula is C23H24FN7S. The van der Waals surface area contributed by atoms with Crippen molar-refractivity contribution in [3.05, 3.63) is 66.1 Å². The Balaban J connectivity index is 1.32. The van der Waals surface area contributed by atoms with E-state index >= 15 is 0 Å². The molecule has 164 valence electrons. The maximum absolute atomic E-state index is 13.2. The Hall–Kier alpha value is -3.14. The van der Waals surface area contributed by atoms with Gasteiger partial charge in [-0.2, -0.15) is 0 Å². The number of piperazine rings is 1. The van der Waals surface area contributed by atoms with Crippen LogP contribution in [-0.4, -0.2) is 53.1 Å². The summed E-state index contributed by atoms with van der Waals surface area (Å²) < 4.78 is 13.2. The molecule has 0 amide bonds. The molecular weight excluding hydrogens is 425 g/mol. The molecule has 1 aromatic carbocycles. The molecule has 9 heteroatoms. The van der Waals surface area contributed by atoms with Crippen LogP contribution in [0.25, 0.3) is 10.3 Å². The summed E-state index contributed by atoms with van der Waals surface area (Å²) in [6.45, 7) is 5.10. The summed E-state index contributed by atoms with van der Waals surface area (Å²) in [4.78, 5) is 19.1. The number of nitrogens with one attached hydrogen (secondary N) is 2. The standard InChI is InChI=1S/C23H24FN7S/c1-30(18-4-2-17(24)3-5-18)21-7-6-19-22(29-21)32-23(27-19)28-20-14-16(8-9-26-20)15-31-12-10-25-11-13-31/h2-9,14,25H,10-13,15H2,1H3,(H,26,27,28). The number of hydrogen-bond acceptors (Lipinski definition) is 8. The van der Waals surface area contributed by atoms with Crippen LogP contribution in [0.4, 0.5) is 26.8 Å². The van der Waals surface area contributed by atoms with E-state index in [2.05, 4.69) is 37.6 Å². The van der Waals surface area contributed by atoms with Crippen LogP contribution in [-0.2, 0) is 6.54 Å². The number of thiazole rings is 1. The molecule has 0 unspecified atom stereocenters. The third kappa shape index (κ3) is 4.69. The van der Waals surface area contributed by atoms with Gasteiger partial charge in [-0.3, -0.25) is 4.90 Å². The number of aromatic nitrogens is 3. The number of halogens is 1. The second-order valence-corrected chi connectivity index (χ2v) is 8.73. The third-order valence-electron chi connectivity index (χ3n) is 5.47. The number of pyridine rings is 2. The van der Waals surface area contributed by atoms with Crippen molar-refractivity contribution in [1.29, 1.82) is 0 Å². The number of hydrogen-bond donors (Lipinski definition) is 2. The van der Waals surface area contributed by atoms with Crippen molar-refractivity contribution in [1.82, 2.24) is 25.2 Å². The van der Waals surface area contributed by atoms with Crippen LogP contribution in [0, 0.1) is 5.82 Å². The van der Waals surface area contributed by atoms with Gasteiger partial charge in [-0.15, -0.1) is 0 Å². The lowest BCUT2D eigenvalue weighted by Gasteiger charge is -2.27. The predicted molar refractivity (Wildman–Crippen MR) is 128 cm³/mol. The van der Waals surface area contributed by atoms with Crippen LogP contribution in [0.5, 0.6) is 0 Å². The minimum atomic E-state index is -0.255. The fraction of sp³-hybridized carbons (Fsp3) is 0.261. The maximum Gasteiger partial charge on any atom is 0.190 e. The van der Waals surface area contributed by atoms with Crippen molar-refractivity contribution in [2.75, 3.05) is 43.4 Å². The van der Waals surface area contributed by atoms with E-state index in [9.17, 15) is 4.39 Å². The van der Waals surface area contributed by atoms with Gasteiger partial charge < -0.3 is 15.5 Å². The van der Waals surface area contributed by atoms with E-state index in [0.717, 1.165) is 65.5 Å². The van der Waals surface area contributed by atoms with E-state index in [1.54, 1.807) is 12.1 Å². The fourth-order valence-corrected chi connectivity index (χ4v) is 4.56. The quantitative estimate of drug-likeness (QED) is 0.458. The number of anilines is 4. The zero-order valence-electron chi connectivity index (χ0n) is 17.8. The Labute approximate surface area is 189 Å². The number of rotatable bonds is 6. The van der Waals surface area contributed by atoms with Gasteiger partial charge in [0, 0.05) is 51.7 Å². The monoisotopic (exact) mass is 449 g/mol. The first-order chi connectivity index (χ1) is 15.6. The summed E-state index contributed by atoms with van der Waals surface area (Å²) in [7, 11) is 1.91. The van der Waals surface area contributed by atoms with Crippen molar-refractivity contribution in [3.63, 3.8) is 0 Å². The Morgan fingerprint density at radius 2 is 1.91 bits per heavy atom. The Morgan fingerprint density at radius 1 is 1.09 bits per heavy atom. The largest absolute Gasteiger partial charge is 0.329 e. The minimum Gasteiger partial charge on any atom is -0.329 e. The van der Waals surface area contributed by atoms with Gasteiger partial charge in [0.25, 0.3) is 0 Å². The molecule has 0 aliphatic carbocycles. The molecule has 4 heterocycles. The molecule has 1 fully saturated rings. The molecule has 4 aromatic rings. The highest BCUT2D eigenvalue weighted by Gasteiger charge is 2.13. The first-order valence-electron chi connectivity index (χ1n) is 10.6. The highest BCUT2D eigenvalue weighted by molar-refractivity contribution is 7.21. The molecule has 1 saturated heterocycles. The van der Waals surface area contributed by atoms with Crippen LogP contribution >= 0.6 is 11.3 Å². The lowest BCUT2D eigenvalue weighted by atomic mass is 10.2.